The van der Waals surface area contributed by atoms with Crippen LogP contribution in [0, 0.1) is 0 Å². The second-order valence-electron chi connectivity index (χ2n) is 14.9. The summed E-state index contributed by atoms with van der Waals surface area (Å²) in [6, 6.07) is 84.2. The third-order valence-electron chi connectivity index (χ3n) is 11.9. The Kier molecular flexibility index (Phi) is 7.75. The molecule has 0 atom stereocenters. The molecule has 2 heteroatoms. The van der Waals surface area contributed by atoms with Crippen LogP contribution in [0.1, 0.15) is 22.3 Å². The van der Waals surface area contributed by atoms with Gasteiger partial charge in [0.25, 0.3) is 0 Å². The molecule has 0 saturated carbocycles. The van der Waals surface area contributed by atoms with Gasteiger partial charge in [-0.15, -0.1) is 0 Å². The minimum Gasteiger partial charge on any atom is -0.310 e. The summed E-state index contributed by atoms with van der Waals surface area (Å²) in [5, 5.41) is 0. The summed E-state index contributed by atoms with van der Waals surface area (Å²) in [6.07, 6.45) is 0. The van der Waals surface area contributed by atoms with Crippen LogP contribution >= 0.6 is 0 Å². The number of hydrogen-bond donors (Lipinski definition) is 0. The average Bonchev–Trinajstić information content (AvgIpc) is 3.58. The van der Waals surface area contributed by atoms with E-state index in [1.807, 2.05) is 0 Å². The molecular formula is C55H38N2. The highest BCUT2D eigenvalue weighted by atomic mass is 15.2. The average molecular weight is 727 g/mol. The van der Waals surface area contributed by atoms with E-state index in [2.05, 4.69) is 240 Å². The van der Waals surface area contributed by atoms with Gasteiger partial charge in [0, 0.05) is 22.7 Å². The number of para-hydroxylation sites is 3. The highest BCUT2D eigenvalue weighted by Crippen LogP contribution is 2.63. The standard InChI is InChI=1S/C55H38N2/c1-4-16-39(17-5-1)41-28-32-44(33-29-41)56(45-34-30-42(31-35-45)40-18-6-2-7-19-40)46-36-37-48-47-22-10-11-23-49(47)55(52(48)38-46)50-24-12-14-26-53(50)57(43-20-8-3-9-21-43)54-27-15-13-25-51(54)55/h1-38H. The van der Waals surface area contributed by atoms with Gasteiger partial charge in [-0.2, -0.15) is 0 Å². The second kappa shape index (κ2) is 13.4. The van der Waals surface area contributed by atoms with E-state index in [1.54, 1.807) is 0 Å². The fourth-order valence-corrected chi connectivity index (χ4v) is 9.40. The molecule has 1 aliphatic carbocycles. The monoisotopic (exact) mass is 726 g/mol. The molecule has 9 aromatic carbocycles. The Bertz CT molecular complexity index is 2750. The molecule has 9 aromatic rings. The van der Waals surface area contributed by atoms with Crippen molar-refractivity contribution < 1.29 is 0 Å². The van der Waals surface area contributed by atoms with Crippen LogP contribution in [0.4, 0.5) is 34.1 Å². The van der Waals surface area contributed by atoms with E-state index < -0.39 is 5.41 Å². The van der Waals surface area contributed by atoms with E-state index in [0.29, 0.717) is 0 Å². The summed E-state index contributed by atoms with van der Waals surface area (Å²) in [7, 11) is 0. The maximum Gasteiger partial charge on any atom is 0.0755 e. The molecule has 0 amide bonds. The fourth-order valence-electron chi connectivity index (χ4n) is 9.40. The summed E-state index contributed by atoms with van der Waals surface area (Å²) in [4.78, 5) is 4.85. The Morgan fingerprint density at radius 2 is 0.702 bits per heavy atom. The lowest BCUT2D eigenvalue weighted by atomic mass is 9.64. The molecule has 11 rings (SSSR count). The van der Waals surface area contributed by atoms with Gasteiger partial charge in [-0.1, -0.05) is 170 Å². The van der Waals surface area contributed by atoms with Crippen molar-refractivity contribution in [3.8, 4) is 33.4 Å². The van der Waals surface area contributed by atoms with Gasteiger partial charge in [0.15, 0.2) is 0 Å². The number of rotatable bonds is 6. The zero-order valence-electron chi connectivity index (χ0n) is 31.3. The Labute approximate surface area is 334 Å². The Morgan fingerprint density at radius 1 is 0.298 bits per heavy atom. The summed E-state index contributed by atoms with van der Waals surface area (Å²) in [6.45, 7) is 0. The van der Waals surface area contributed by atoms with Crippen LogP contribution in [0.15, 0.2) is 231 Å². The summed E-state index contributed by atoms with van der Waals surface area (Å²) in [5.74, 6) is 0. The first-order valence-corrected chi connectivity index (χ1v) is 19.7. The zero-order chi connectivity index (χ0) is 37.8. The smallest absolute Gasteiger partial charge is 0.0755 e. The Balaban J connectivity index is 1.14. The molecule has 0 saturated heterocycles. The fraction of sp³-hybridized carbons (Fsp3) is 0.0182. The first-order valence-electron chi connectivity index (χ1n) is 19.7. The van der Waals surface area contributed by atoms with Crippen LogP contribution < -0.4 is 9.80 Å². The third kappa shape index (κ3) is 5.18. The van der Waals surface area contributed by atoms with Crippen LogP contribution in [0.25, 0.3) is 33.4 Å². The molecule has 2 aliphatic rings. The van der Waals surface area contributed by atoms with Crippen molar-refractivity contribution in [2.75, 3.05) is 9.80 Å². The summed E-state index contributed by atoms with van der Waals surface area (Å²) < 4.78 is 0. The number of fused-ring (bicyclic) bond motifs is 9. The number of benzene rings is 9. The van der Waals surface area contributed by atoms with Gasteiger partial charge in [0.1, 0.15) is 0 Å². The van der Waals surface area contributed by atoms with E-state index >= 15 is 0 Å². The molecule has 0 fully saturated rings. The predicted octanol–water partition coefficient (Wildman–Crippen LogP) is 14.6. The van der Waals surface area contributed by atoms with Crippen LogP contribution in [0.3, 0.4) is 0 Å². The zero-order valence-corrected chi connectivity index (χ0v) is 31.3. The quantitative estimate of drug-likeness (QED) is 0.168. The van der Waals surface area contributed by atoms with E-state index in [4.69, 9.17) is 0 Å². The van der Waals surface area contributed by atoms with Crippen LogP contribution in [0.5, 0.6) is 0 Å². The van der Waals surface area contributed by atoms with Crippen molar-refractivity contribution in [1.82, 2.24) is 0 Å². The first-order chi connectivity index (χ1) is 28.3. The van der Waals surface area contributed by atoms with Crippen molar-refractivity contribution >= 4 is 34.1 Å². The Morgan fingerprint density at radius 3 is 1.25 bits per heavy atom. The lowest BCUT2D eigenvalue weighted by Crippen LogP contribution is -2.36. The van der Waals surface area contributed by atoms with Gasteiger partial charge >= 0.3 is 0 Å². The molecule has 1 aliphatic heterocycles. The minimum absolute atomic E-state index is 0.541. The Hall–Kier alpha value is -7.42. The van der Waals surface area contributed by atoms with E-state index in [1.165, 1.54) is 67.0 Å². The largest absolute Gasteiger partial charge is 0.310 e. The molecule has 0 aromatic heterocycles. The maximum atomic E-state index is 2.47. The number of nitrogens with zero attached hydrogens (tertiary/aromatic N) is 2. The molecule has 268 valence electrons. The van der Waals surface area contributed by atoms with Gasteiger partial charge in [-0.3, -0.25) is 0 Å². The van der Waals surface area contributed by atoms with Gasteiger partial charge in [-0.25, -0.2) is 0 Å². The molecule has 0 radical (unpaired) electrons. The van der Waals surface area contributed by atoms with Gasteiger partial charge in [0.2, 0.25) is 0 Å². The lowest BCUT2D eigenvalue weighted by molar-refractivity contribution is 0.752. The van der Waals surface area contributed by atoms with E-state index in [-0.39, 0.29) is 0 Å². The molecule has 0 bridgehead atoms. The van der Waals surface area contributed by atoms with Crippen LogP contribution in [-0.2, 0) is 5.41 Å². The molecule has 57 heavy (non-hydrogen) atoms. The highest BCUT2D eigenvalue weighted by molar-refractivity contribution is 5.97. The number of hydrogen-bond acceptors (Lipinski definition) is 2. The predicted molar refractivity (Wildman–Crippen MR) is 238 cm³/mol. The third-order valence-corrected chi connectivity index (χ3v) is 11.9. The first kappa shape index (κ1) is 33.0. The topological polar surface area (TPSA) is 6.48 Å². The van der Waals surface area contributed by atoms with Crippen molar-refractivity contribution in [3.63, 3.8) is 0 Å². The van der Waals surface area contributed by atoms with Crippen molar-refractivity contribution in [3.05, 3.63) is 253 Å². The lowest BCUT2D eigenvalue weighted by Gasteiger charge is -2.45. The van der Waals surface area contributed by atoms with Gasteiger partial charge in [0.05, 0.1) is 16.8 Å². The van der Waals surface area contributed by atoms with E-state index in [0.717, 1.165) is 22.7 Å². The SMILES string of the molecule is c1ccc(-c2ccc(N(c3ccc(-c4ccccc4)cc3)c3ccc4c(c3)C3(c5ccccc5-4)c4ccccc4N(c4ccccc4)c4ccccc43)cc2)cc1. The molecule has 1 spiro atoms. The van der Waals surface area contributed by atoms with Crippen molar-refractivity contribution in [2.45, 2.75) is 5.41 Å². The summed E-state index contributed by atoms with van der Waals surface area (Å²) in [5.41, 5.74) is 18.8. The number of anilines is 6. The maximum absolute atomic E-state index is 2.47. The molecule has 1 heterocycles. The van der Waals surface area contributed by atoms with Gasteiger partial charge < -0.3 is 9.80 Å². The molecule has 0 unspecified atom stereocenters. The van der Waals surface area contributed by atoms with Crippen molar-refractivity contribution in [2.24, 2.45) is 0 Å². The molecule has 0 N–H and O–H groups in total. The van der Waals surface area contributed by atoms with E-state index in [9.17, 15) is 0 Å². The second-order valence-corrected chi connectivity index (χ2v) is 14.9. The highest BCUT2D eigenvalue weighted by Gasteiger charge is 2.51. The molecular weight excluding hydrogens is 689 g/mol. The molecule has 2 nitrogen and oxygen atoms in total. The normalized spacial score (nSPS) is 13.0. The van der Waals surface area contributed by atoms with Crippen molar-refractivity contribution in [1.29, 1.82) is 0 Å². The minimum atomic E-state index is -0.541. The van der Waals surface area contributed by atoms with Gasteiger partial charge in [-0.05, 0) is 116 Å². The van der Waals surface area contributed by atoms with Crippen LogP contribution in [-0.4, -0.2) is 0 Å². The summed E-state index contributed by atoms with van der Waals surface area (Å²) >= 11 is 0. The van der Waals surface area contributed by atoms with Crippen LogP contribution in [0.2, 0.25) is 0 Å².